The highest BCUT2D eigenvalue weighted by molar-refractivity contribution is 9.10. The van der Waals surface area contributed by atoms with Gasteiger partial charge in [-0.05, 0) is 63.2 Å². The topological polar surface area (TPSA) is 104 Å². The quantitative estimate of drug-likeness (QED) is 0.507. The molecule has 2 aromatic carbocycles. The number of anilines is 1. The molecule has 3 aromatic rings. The van der Waals surface area contributed by atoms with E-state index in [1.165, 1.54) is 6.07 Å². The number of aromatic nitrogens is 2. The minimum Gasteiger partial charge on any atom is -0.452 e. The van der Waals surface area contributed by atoms with Crippen molar-refractivity contribution >= 4 is 33.7 Å². The number of benzene rings is 2. The van der Waals surface area contributed by atoms with Crippen LogP contribution in [0.1, 0.15) is 37.0 Å². The third-order valence-electron chi connectivity index (χ3n) is 3.63. The lowest BCUT2D eigenvalue weighted by Gasteiger charge is -2.19. The van der Waals surface area contributed by atoms with Crippen LogP contribution in [0.2, 0.25) is 0 Å². The van der Waals surface area contributed by atoms with Gasteiger partial charge in [0.05, 0.1) is 5.56 Å². The van der Waals surface area contributed by atoms with Gasteiger partial charge in [-0.2, -0.15) is 0 Å². The maximum absolute atomic E-state index is 12.3. The molecule has 0 bridgehead atoms. The van der Waals surface area contributed by atoms with Gasteiger partial charge < -0.3 is 13.9 Å². The molecule has 0 unspecified atom stereocenters. The maximum Gasteiger partial charge on any atom is 0.412 e. The summed E-state index contributed by atoms with van der Waals surface area (Å²) >= 11 is 3.36. The van der Waals surface area contributed by atoms with Crippen molar-refractivity contribution < 1.29 is 23.5 Å². The molecule has 9 heteroatoms. The van der Waals surface area contributed by atoms with Crippen molar-refractivity contribution in [2.75, 3.05) is 5.32 Å². The van der Waals surface area contributed by atoms with E-state index < -0.39 is 17.7 Å². The third-order valence-corrected chi connectivity index (χ3v) is 4.16. The van der Waals surface area contributed by atoms with Crippen LogP contribution in [-0.2, 0) is 16.1 Å². The summed E-state index contributed by atoms with van der Waals surface area (Å²) in [5.41, 5.74) is 0.800. The van der Waals surface area contributed by atoms with Crippen LogP contribution in [0.5, 0.6) is 0 Å². The second kappa shape index (κ2) is 9.08. The van der Waals surface area contributed by atoms with E-state index in [0.717, 1.165) is 10.0 Å². The summed E-state index contributed by atoms with van der Waals surface area (Å²) in [7, 11) is 0. The number of esters is 1. The van der Waals surface area contributed by atoms with E-state index in [0.29, 0.717) is 11.6 Å². The smallest absolute Gasteiger partial charge is 0.412 e. The van der Waals surface area contributed by atoms with Crippen LogP contribution in [0.4, 0.5) is 10.5 Å². The maximum atomic E-state index is 12.3. The number of carbonyl (C=O) groups excluding carboxylic acids is 2. The molecular weight excluding hydrogens is 454 g/mol. The summed E-state index contributed by atoms with van der Waals surface area (Å²) < 4.78 is 16.9. The normalized spacial score (nSPS) is 11.1. The Labute approximate surface area is 181 Å². The summed E-state index contributed by atoms with van der Waals surface area (Å²) in [6, 6.07) is 13.7. The fourth-order valence-corrected chi connectivity index (χ4v) is 2.64. The number of nitrogens with zero attached hydrogens (tertiary/aromatic N) is 2. The average Bonchev–Trinajstić information content (AvgIpc) is 3.14. The largest absolute Gasteiger partial charge is 0.452 e. The molecule has 0 aliphatic carbocycles. The molecule has 1 amide bonds. The van der Waals surface area contributed by atoms with Crippen LogP contribution in [0.3, 0.4) is 0 Å². The molecule has 1 aromatic heterocycles. The standard InChI is InChI=1S/C21H20BrN3O5/c1-21(2,3)30-20(27)23-16-6-4-5-14(11-16)19(26)28-12-17-24-25-18(29-17)13-7-9-15(22)10-8-13/h4-11H,12H2,1-3H3,(H,23,27). The van der Waals surface area contributed by atoms with E-state index in [9.17, 15) is 9.59 Å². The minimum absolute atomic E-state index is 0.171. The van der Waals surface area contributed by atoms with Crippen LogP contribution in [-0.4, -0.2) is 27.9 Å². The first-order chi connectivity index (χ1) is 14.2. The molecule has 0 fully saturated rings. The molecule has 0 saturated heterocycles. The second-order valence-electron chi connectivity index (χ2n) is 7.29. The Balaban J connectivity index is 1.59. The summed E-state index contributed by atoms with van der Waals surface area (Å²) in [5, 5.41) is 10.4. The van der Waals surface area contributed by atoms with E-state index >= 15 is 0 Å². The average molecular weight is 474 g/mol. The molecule has 0 aliphatic rings. The monoisotopic (exact) mass is 473 g/mol. The van der Waals surface area contributed by atoms with Gasteiger partial charge in [0.25, 0.3) is 5.89 Å². The Morgan fingerprint density at radius 1 is 1.10 bits per heavy atom. The van der Waals surface area contributed by atoms with E-state index in [4.69, 9.17) is 13.9 Å². The highest BCUT2D eigenvalue weighted by Crippen LogP contribution is 2.21. The van der Waals surface area contributed by atoms with Gasteiger partial charge in [0.2, 0.25) is 5.89 Å². The molecule has 1 heterocycles. The molecule has 0 aliphatic heterocycles. The van der Waals surface area contributed by atoms with Crippen LogP contribution >= 0.6 is 15.9 Å². The number of hydrogen-bond donors (Lipinski definition) is 1. The summed E-state index contributed by atoms with van der Waals surface area (Å²) in [5.74, 6) is -0.0901. The van der Waals surface area contributed by atoms with Gasteiger partial charge in [0.15, 0.2) is 6.61 Å². The lowest BCUT2D eigenvalue weighted by Crippen LogP contribution is -2.27. The van der Waals surface area contributed by atoms with Crippen molar-refractivity contribution in [3.63, 3.8) is 0 Å². The van der Waals surface area contributed by atoms with Gasteiger partial charge in [-0.1, -0.05) is 22.0 Å². The number of nitrogens with one attached hydrogen (secondary N) is 1. The lowest BCUT2D eigenvalue weighted by molar-refractivity contribution is 0.0438. The number of hydrogen-bond acceptors (Lipinski definition) is 7. The highest BCUT2D eigenvalue weighted by Gasteiger charge is 2.17. The van der Waals surface area contributed by atoms with Crippen molar-refractivity contribution in [3.8, 4) is 11.5 Å². The van der Waals surface area contributed by atoms with E-state index in [1.54, 1.807) is 39.0 Å². The number of amides is 1. The van der Waals surface area contributed by atoms with Gasteiger partial charge in [0, 0.05) is 15.7 Å². The molecule has 0 spiro atoms. The number of rotatable bonds is 5. The van der Waals surface area contributed by atoms with Crippen LogP contribution < -0.4 is 5.32 Å². The van der Waals surface area contributed by atoms with Gasteiger partial charge in [-0.3, -0.25) is 5.32 Å². The predicted molar refractivity (Wildman–Crippen MR) is 113 cm³/mol. The van der Waals surface area contributed by atoms with Crippen molar-refractivity contribution in [2.24, 2.45) is 0 Å². The number of ether oxygens (including phenoxy) is 2. The first-order valence-corrected chi connectivity index (χ1v) is 9.84. The molecule has 0 saturated carbocycles. The molecule has 30 heavy (non-hydrogen) atoms. The Morgan fingerprint density at radius 3 is 2.53 bits per heavy atom. The highest BCUT2D eigenvalue weighted by atomic mass is 79.9. The Kier molecular flexibility index (Phi) is 6.51. The molecule has 1 N–H and O–H groups in total. The first-order valence-electron chi connectivity index (χ1n) is 9.05. The SMILES string of the molecule is CC(C)(C)OC(=O)Nc1cccc(C(=O)OCc2nnc(-c3ccc(Br)cc3)o2)c1. The van der Waals surface area contributed by atoms with Crippen LogP contribution in [0, 0.1) is 0 Å². The van der Waals surface area contributed by atoms with Crippen molar-refractivity contribution in [3.05, 3.63) is 64.5 Å². The third kappa shape index (κ3) is 6.15. The van der Waals surface area contributed by atoms with Crippen LogP contribution in [0.25, 0.3) is 11.5 Å². The lowest BCUT2D eigenvalue weighted by atomic mass is 10.2. The molecular formula is C21H20BrN3O5. The Morgan fingerprint density at radius 2 is 1.83 bits per heavy atom. The molecule has 0 atom stereocenters. The summed E-state index contributed by atoms with van der Waals surface area (Å²) in [6.45, 7) is 5.12. The minimum atomic E-state index is -0.625. The van der Waals surface area contributed by atoms with Gasteiger partial charge in [-0.25, -0.2) is 9.59 Å². The Hall–Kier alpha value is -3.20. The fourth-order valence-electron chi connectivity index (χ4n) is 2.38. The summed E-state index contributed by atoms with van der Waals surface area (Å²) in [4.78, 5) is 24.2. The Bertz CT molecular complexity index is 1040. The first kappa shape index (κ1) is 21.5. The number of halogens is 1. The van der Waals surface area contributed by atoms with Crippen molar-refractivity contribution in [1.29, 1.82) is 0 Å². The van der Waals surface area contributed by atoms with E-state index in [2.05, 4.69) is 31.4 Å². The van der Waals surface area contributed by atoms with Gasteiger partial charge >= 0.3 is 12.1 Å². The summed E-state index contributed by atoms with van der Waals surface area (Å²) in [6.07, 6.45) is -0.612. The zero-order valence-corrected chi connectivity index (χ0v) is 18.2. The van der Waals surface area contributed by atoms with Crippen molar-refractivity contribution in [1.82, 2.24) is 10.2 Å². The zero-order valence-electron chi connectivity index (χ0n) is 16.6. The van der Waals surface area contributed by atoms with E-state index in [1.807, 2.05) is 24.3 Å². The fraction of sp³-hybridized carbons (Fsp3) is 0.238. The van der Waals surface area contributed by atoms with Crippen molar-refractivity contribution in [2.45, 2.75) is 33.0 Å². The molecule has 3 rings (SSSR count). The zero-order chi connectivity index (χ0) is 21.7. The molecule has 8 nitrogen and oxygen atoms in total. The molecule has 0 radical (unpaired) electrons. The van der Waals surface area contributed by atoms with E-state index in [-0.39, 0.29) is 18.1 Å². The van der Waals surface area contributed by atoms with Gasteiger partial charge in [-0.15, -0.1) is 10.2 Å². The number of carbonyl (C=O) groups is 2. The van der Waals surface area contributed by atoms with Crippen LogP contribution in [0.15, 0.2) is 57.4 Å². The second-order valence-corrected chi connectivity index (χ2v) is 8.21. The molecule has 156 valence electrons. The predicted octanol–water partition coefficient (Wildman–Crippen LogP) is 5.20. The van der Waals surface area contributed by atoms with Gasteiger partial charge in [0.1, 0.15) is 5.60 Å².